The number of nitrogens with zero attached hydrogens (tertiary/aromatic N) is 3. The number of piperidine rings is 1. The number of rotatable bonds is 17. The standard InChI is InChI=1S/C32H57N3O2/c1-8-18-33(19-9-2)23-29-25-35(22-27(6)7)26-30(24-34(20-10-3)21-11-4)32(29,31(36)37-12-5)28-16-14-13-15-17-28/h13-17,27,29-30H,8-12,18-26H2,1-7H3. The SMILES string of the molecule is CCCN(CCC)CC1CN(CC(C)C)CC(CN(CCC)CCC)C1(C(=O)OCC)c1ccccc1. The Morgan fingerprint density at radius 3 is 1.70 bits per heavy atom. The lowest BCUT2D eigenvalue weighted by Gasteiger charge is -2.53. The van der Waals surface area contributed by atoms with E-state index in [2.05, 4.69) is 86.6 Å². The summed E-state index contributed by atoms with van der Waals surface area (Å²) in [7, 11) is 0. The van der Waals surface area contributed by atoms with Crippen LogP contribution < -0.4 is 0 Å². The summed E-state index contributed by atoms with van der Waals surface area (Å²) in [5.41, 5.74) is 0.498. The maximum absolute atomic E-state index is 14.4. The summed E-state index contributed by atoms with van der Waals surface area (Å²) < 4.78 is 6.02. The molecule has 0 aromatic heterocycles. The smallest absolute Gasteiger partial charge is 0.317 e. The van der Waals surface area contributed by atoms with Gasteiger partial charge in [-0.15, -0.1) is 0 Å². The summed E-state index contributed by atoms with van der Waals surface area (Å²) in [6.07, 6.45) is 4.52. The molecular formula is C32H57N3O2. The molecule has 0 N–H and O–H groups in total. The summed E-state index contributed by atoms with van der Waals surface area (Å²) in [6, 6.07) is 10.7. The molecule has 5 heteroatoms. The fraction of sp³-hybridized carbons (Fsp3) is 0.781. The highest BCUT2D eigenvalue weighted by atomic mass is 16.5. The molecular weight excluding hydrogens is 458 g/mol. The Hall–Kier alpha value is -1.43. The highest BCUT2D eigenvalue weighted by Gasteiger charge is 2.57. The van der Waals surface area contributed by atoms with E-state index in [9.17, 15) is 4.79 Å². The van der Waals surface area contributed by atoms with Gasteiger partial charge in [-0.25, -0.2) is 0 Å². The summed E-state index contributed by atoms with van der Waals surface area (Å²) in [4.78, 5) is 22.3. The van der Waals surface area contributed by atoms with Gasteiger partial charge in [0, 0.05) is 44.6 Å². The Labute approximate surface area is 228 Å². The zero-order chi connectivity index (χ0) is 27.3. The maximum atomic E-state index is 14.4. The number of carbonyl (C=O) groups excluding carboxylic acids is 1. The molecule has 0 aliphatic carbocycles. The molecule has 1 fully saturated rings. The van der Waals surface area contributed by atoms with Crippen molar-refractivity contribution in [3.63, 3.8) is 0 Å². The number of hydrogen-bond acceptors (Lipinski definition) is 5. The van der Waals surface area contributed by atoms with Gasteiger partial charge in [-0.3, -0.25) is 4.79 Å². The molecule has 1 aromatic rings. The molecule has 1 heterocycles. The molecule has 0 bridgehead atoms. The van der Waals surface area contributed by atoms with Gasteiger partial charge in [-0.1, -0.05) is 71.9 Å². The van der Waals surface area contributed by atoms with Crippen LogP contribution in [-0.2, 0) is 14.9 Å². The first-order chi connectivity index (χ1) is 17.9. The molecule has 0 saturated carbocycles. The van der Waals surface area contributed by atoms with E-state index in [4.69, 9.17) is 4.74 Å². The van der Waals surface area contributed by atoms with Crippen LogP contribution >= 0.6 is 0 Å². The van der Waals surface area contributed by atoms with Gasteiger partial charge in [0.15, 0.2) is 0 Å². The summed E-state index contributed by atoms with van der Waals surface area (Å²) in [6.45, 7) is 25.2. The Morgan fingerprint density at radius 1 is 0.865 bits per heavy atom. The van der Waals surface area contributed by atoms with Gasteiger partial charge in [0.2, 0.25) is 0 Å². The molecule has 2 rings (SSSR count). The third-order valence-electron chi connectivity index (χ3n) is 7.85. The van der Waals surface area contributed by atoms with Crippen LogP contribution in [0.3, 0.4) is 0 Å². The van der Waals surface area contributed by atoms with Crippen LogP contribution in [-0.4, -0.2) is 86.2 Å². The van der Waals surface area contributed by atoms with Crippen molar-refractivity contribution in [3.05, 3.63) is 35.9 Å². The fourth-order valence-electron chi connectivity index (χ4n) is 6.75. The Bertz CT molecular complexity index is 714. The second kappa shape index (κ2) is 16.5. The number of ether oxygens (including phenoxy) is 1. The van der Waals surface area contributed by atoms with E-state index in [0.717, 1.165) is 90.1 Å². The maximum Gasteiger partial charge on any atom is 0.317 e. The van der Waals surface area contributed by atoms with E-state index in [1.807, 2.05) is 6.92 Å². The van der Waals surface area contributed by atoms with Crippen molar-refractivity contribution in [3.8, 4) is 0 Å². The molecule has 5 nitrogen and oxygen atoms in total. The topological polar surface area (TPSA) is 36.0 Å². The lowest BCUT2D eigenvalue weighted by molar-refractivity contribution is -0.161. The first kappa shape index (κ1) is 31.8. The largest absolute Gasteiger partial charge is 0.465 e. The van der Waals surface area contributed by atoms with Gasteiger partial charge >= 0.3 is 5.97 Å². The zero-order valence-corrected chi connectivity index (χ0v) is 25.2. The lowest BCUT2D eigenvalue weighted by atomic mass is 9.59. The molecule has 2 unspecified atom stereocenters. The number of benzene rings is 1. The average molecular weight is 516 g/mol. The third-order valence-corrected chi connectivity index (χ3v) is 7.85. The second-order valence-electron chi connectivity index (χ2n) is 11.6. The van der Waals surface area contributed by atoms with Gasteiger partial charge in [0.05, 0.1) is 6.61 Å². The quantitative estimate of drug-likeness (QED) is 0.240. The summed E-state index contributed by atoms with van der Waals surface area (Å²) >= 11 is 0. The predicted molar refractivity (Wildman–Crippen MR) is 157 cm³/mol. The van der Waals surface area contributed by atoms with E-state index < -0.39 is 5.41 Å². The van der Waals surface area contributed by atoms with E-state index in [0.29, 0.717) is 12.5 Å². The van der Waals surface area contributed by atoms with Crippen molar-refractivity contribution in [1.82, 2.24) is 14.7 Å². The van der Waals surface area contributed by atoms with Gasteiger partial charge in [-0.2, -0.15) is 0 Å². The Kier molecular flexibility index (Phi) is 14.2. The van der Waals surface area contributed by atoms with Crippen LogP contribution in [0.1, 0.15) is 79.7 Å². The summed E-state index contributed by atoms with van der Waals surface area (Å²) in [5, 5.41) is 0. The molecule has 1 aliphatic rings. The lowest BCUT2D eigenvalue weighted by Crippen LogP contribution is -2.65. The fourth-order valence-corrected chi connectivity index (χ4v) is 6.75. The molecule has 212 valence electrons. The van der Waals surface area contributed by atoms with Crippen LogP contribution in [0, 0.1) is 17.8 Å². The van der Waals surface area contributed by atoms with Crippen molar-refractivity contribution in [2.75, 3.05) is 65.5 Å². The number of likely N-dealkylation sites (tertiary alicyclic amines) is 1. The van der Waals surface area contributed by atoms with E-state index in [1.54, 1.807) is 0 Å². The van der Waals surface area contributed by atoms with Crippen LogP contribution in [0.4, 0.5) is 0 Å². The van der Waals surface area contributed by atoms with Crippen LogP contribution in [0.2, 0.25) is 0 Å². The third kappa shape index (κ3) is 8.53. The van der Waals surface area contributed by atoms with Gasteiger partial charge < -0.3 is 19.4 Å². The first-order valence-electron chi connectivity index (χ1n) is 15.3. The van der Waals surface area contributed by atoms with Crippen molar-refractivity contribution >= 4 is 5.97 Å². The van der Waals surface area contributed by atoms with Gasteiger partial charge in [0.25, 0.3) is 0 Å². The first-order valence-corrected chi connectivity index (χ1v) is 15.3. The molecule has 1 saturated heterocycles. The number of esters is 1. The molecule has 1 aliphatic heterocycles. The van der Waals surface area contributed by atoms with Crippen molar-refractivity contribution < 1.29 is 9.53 Å². The van der Waals surface area contributed by atoms with E-state index in [-0.39, 0.29) is 17.8 Å². The minimum Gasteiger partial charge on any atom is -0.465 e. The Morgan fingerprint density at radius 2 is 1.32 bits per heavy atom. The highest BCUT2D eigenvalue weighted by Crippen LogP contribution is 2.46. The van der Waals surface area contributed by atoms with Crippen molar-refractivity contribution in [1.29, 1.82) is 0 Å². The highest BCUT2D eigenvalue weighted by molar-refractivity contribution is 5.84. The average Bonchev–Trinajstić information content (AvgIpc) is 2.85. The summed E-state index contributed by atoms with van der Waals surface area (Å²) in [5.74, 6) is 0.934. The molecule has 2 atom stereocenters. The number of hydrogen-bond donors (Lipinski definition) is 0. The van der Waals surface area contributed by atoms with Crippen LogP contribution in [0.25, 0.3) is 0 Å². The minimum absolute atomic E-state index is 0.0127. The molecule has 0 radical (unpaired) electrons. The Balaban J connectivity index is 2.70. The van der Waals surface area contributed by atoms with Crippen LogP contribution in [0.15, 0.2) is 30.3 Å². The minimum atomic E-state index is -0.649. The van der Waals surface area contributed by atoms with Gasteiger partial charge in [0.1, 0.15) is 5.41 Å². The second-order valence-corrected chi connectivity index (χ2v) is 11.6. The molecule has 0 amide bonds. The van der Waals surface area contributed by atoms with E-state index in [1.165, 1.54) is 0 Å². The van der Waals surface area contributed by atoms with Crippen molar-refractivity contribution in [2.45, 2.75) is 79.6 Å². The zero-order valence-electron chi connectivity index (χ0n) is 25.2. The van der Waals surface area contributed by atoms with Crippen LogP contribution in [0.5, 0.6) is 0 Å². The van der Waals surface area contributed by atoms with Gasteiger partial charge in [-0.05, 0) is 70.3 Å². The van der Waals surface area contributed by atoms with E-state index >= 15 is 0 Å². The number of carbonyl (C=O) groups is 1. The molecule has 37 heavy (non-hydrogen) atoms. The van der Waals surface area contributed by atoms with Crippen molar-refractivity contribution in [2.24, 2.45) is 17.8 Å². The molecule has 1 aromatic carbocycles. The molecule has 0 spiro atoms. The monoisotopic (exact) mass is 515 g/mol. The predicted octanol–water partition coefficient (Wildman–Crippen LogP) is 5.94. The normalized spacial score (nSPS) is 22.8.